The van der Waals surface area contributed by atoms with Gasteiger partial charge in [-0.15, -0.1) is 0 Å². The lowest BCUT2D eigenvalue weighted by Crippen LogP contribution is -2.42. The third-order valence-corrected chi connectivity index (χ3v) is 4.06. The largest absolute Gasteiger partial charge is 0.497 e. The van der Waals surface area contributed by atoms with Gasteiger partial charge in [0.2, 0.25) is 11.8 Å². The summed E-state index contributed by atoms with van der Waals surface area (Å²) in [6.45, 7) is 2.24. The lowest BCUT2D eigenvalue weighted by atomic mass is 10.1. The maximum atomic E-state index is 12.1. The van der Waals surface area contributed by atoms with E-state index >= 15 is 0 Å². The Labute approximate surface area is 159 Å². The van der Waals surface area contributed by atoms with Crippen LogP contribution in [0.15, 0.2) is 48.5 Å². The number of carbonyl (C=O) groups is 2. The number of hydrogen-bond donors (Lipinski definition) is 2. The fraction of sp³-hybridized carbons (Fsp3) is 0.333. The normalized spacial score (nSPS) is 11.4. The van der Waals surface area contributed by atoms with Crippen molar-refractivity contribution >= 4 is 11.8 Å². The summed E-state index contributed by atoms with van der Waals surface area (Å²) in [7, 11) is 3.21. The highest BCUT2D eigenvalue weighted by molar-refractivity contribution is 5.80. The van der Waals surface area contributed by atoms with Crippen molar-refractivity contribution in [1.29, 1.82) is 0 Å². The SMILES string of the molecule is COc1ccc(CC(=O)NCC(C)NC(=O)Cc2ccc(OC)cc2)cc1. The molecule has 6 heteroatoms. The zero-order valence-electron chi connectivity index (χ0n) is 16.0. The molecule has 0 radical (unpaired) electrons. The molecule has 0 aromatic heterocycles. The second kappa shape index (κ2) is 10.2. The van der Waals surface area contributed by atoms with Crippen molar-refractivity contribution in [3.05, 3.63) is 59.7 Å². The van der Waals surface area contributed by atoms with E-state index < -0.39 is 0 Å². The van der Waals surface area contributed by atoms with E-state index in [1.54, 1.807) is 14.2 Å². The van der Waals surface area contributed by atoms with Gasteiger partial charge in [-0.05, 0) is 42.3 Å². The van der Waals surface area contributed by atoms with Crippen LogP contribution in [0, 0.1) is 0 Å². The van der Waals surface area contributed by atoms with Crippen molar-refractivity contribution in [1.82, 2.24) is 10.6 Å². The summed E-state index contributed by atoms with van der Waals surface area (Å²) in [6, 6.07) is 14.6. The first-order valence-electron chi connectivity index (χ1n) is 8.82. The molecule has 0 spiro atoms. The van der Waals surface area contributed by atoms with E-state index in [2.05, 4.69) is 10.6 Å². The molecule has 2 aromatic carbocycles. The molecule has 2 N–H and O–H groups in total. The Hall–Kier alpha value is -3.02. The Morgan fingerprint density at radius 3 is 1.70 bits per heavy atom. The molecule has 0 aliphatic rings. The monoisotopic (exact) mass is 370 g/mol. The van der Waals surface area contributed by atoms with Crippen LogP contribution in [0.25, 0.3) is 0 Å². The molecule has 0 saturated carbocycles. The van der Waals surface area contributed by atoms with Gasteiger partial charge in [0.15, 0.2) is 0 Å². The van der Waals surface area contributed by atoms with Crippen molar-refractivity contribution in [3.63, 3.8) is 0 Å². The van der Waals surface area contributed by atoms with Gasteiger partial charge in [0, 0.05) is 12.6 Å². The molecule has 1 unspecified atom stereocenters. The minimum atomic E-state index is -0.157. The van der Waals surface area contributed by atoms with Crippen molar-refractivity contribution in [2.45, 2.75) is 25.8 Å². The lowest BCUT2D eigenvalue weighted by molar-refractivity contribution is -0.122. The Morgan fingerprint density at radius 1 is 0.815 bits per heavy atom. The van der Waals surface area contributed by atoms with Crippen molar-refractivity contribution in [2.75, 3.05) is 20.8 Å². The standard InChI is InChI=1S/C21H26N2O4/c1-15(23-21(25)13-17-6-10-19(27-3)11-7-17)14-22-20(24)12-16-4-8-18(26-2)9-5-16/h4-11,15H,12-14H2,1-3H3,(H,22,24)(H,23,25). The molecule has 0 aliphatic carbocycles. The first kappa shape index (κ1) is 20.3. The molecule has 1 atom stereocenters. The Morgan fingerprint density at radius 2 is 1.26 bits per heavy atom. The summed E-state index contributed by atoms with van der Waals surface area (Å²) in [5, 5.41) is 5.73. The minimum absolute atomic E-state index is 0.0860. The Bertz CT molecular complexity index is 742. The molecule has 144 valence electrons. The summed E-state index contributed by atoms with van der Waals surface area (Å²) in [4.78, 5) is 24.1. The van der Waals surface area contributed by atoms with Crippen LogP contribution in [-0.4, -0.2) is 38.6 Å². The number of benzene rings is 2. The summed E-state index contributed by atoms with van der Waals surface area (Å²) in [6.07, 6.45) is 0.574. The van der Waals surface area contributed by atoms with E-state index in [0.717, 1.165) is 22.6 Å². The van der Waals surface area contributed by atoms with Crippen molar-refractivity contribution in [2.24, 2.45) is 0 Å². The molecule has 0 fully saturated rings. The van der Waals surface area contributed by atoms with Gasteiger partial charge in [-0.25, -0.2) is 0 Å². The van der Waals surface area contributed by atoms with Gasteiger partial charge < -0.3 is 20.1 Å². The first-order chi connectivity index (χ1) is 13.0. The molecule has 0 bridgehead atoms. The van der Waals surface area contributed by atoms with Crippen LogP contribution in [0.3, 0.4) is 0 Å². The van der Waals surface area contributed by atoms with E-state index in [9.17, 15) is 9.59 Å². The molecule has 2 amide bonds. The van der Waals surface area contributed by atoms with Gasteiger partial charge in [-0.1, -0.05) is 24.3 Å². The van der Waals surface area contributed by atoms with Crippen LogP contribution in [0.1, 0.15) is 18.1 Å². The van der Waals surface area contributed by atoms with Crippen LogP contribution in [0.4, 0.5) is 0 Å². The molecule has 2 rings (SSSR count). The van der Waals surface area contributed by atoms with E-state index in [4.69, 9.17) is 9.47 Å². The van der Waals surface area contributed by atoms with Crippen LogP contribution in [0.5, 0.6) is 11.5 Å². The number of nitrogens with one attached hydrogen (secondary N) is 2. The topological polar surface area (TPSA) is 76.7 Å². The maximum absolute atomic E-state index is 12.1. The molecule has 2 aromatic rings. The number of hydrogen-bond acceptors (Lipinski definition) is 4. The Balaban J connectivity index is 1.71. The lowest BCUT2D eigenvalue weighted by Gasteiger charge is -2.15. The van der Waals surface area contributed by atoms with Gasteiger partial charge >= 0.3 is 0 Å². The van der Waals surface area contributed by atoms with E-state index in [-0.39, 0.29) is 30.7 Å². The highest BCUT2D eigenvalue weighted by Crippen LogP contribution is 2.12. The molecular formula is C21H26N2O4. The second-order valence-corrected chi connectivity index (χ2v) is 6.32. The number of rotatable bonds is 9. The minimum Gasteiger partial charge on any atom is -0.497 e. The van der Waals surface area contributed by atoms with Crippen molar-refractivity contribution in [3.8, 4) is 11.5 Å². The fourth-order valence-corrected chi connectivity index (χ4v) is 2.56. The first-order valence-corrected chi connectivity index (χ1v) is 8.82. The fourth-order valence-electron chi connectivity index (χ4n) is 2.56. The average molecular weight is 370 g/mol. The van der Waals surface area contributed by atoms with Gasteiger partial charge in [0.05, 0.1) is 27.1 Å². The molecule has 0 heterocycles. The Kier molecular flexibility index (Phi) is 7.67. The predicted molar refractivity (Wildman–Crippen MR) is 104 cm³/mol. The van der Waals surface area contributed by atoms with Crippen LogP contribution < -0.4 is 20.1 Å². The third kappa shape index (κ3) is 7.01. The van der Waals surface area contributed by atoms with Crippen LogP contribution in [-0.2, 0) is 22.4 Å². The summed E-state index contributed by atoms with van der Waals surface area (Å²) < 4.78 is 10.2. The molecule has 6 nitrogen and oxygen atoms in total. The van der Waals surface area contributed by atoms with Gasteiger partial charge in [-0.2, -0.15) is 0 Å². The molecule has 0 aliphatic heterocycles. The van der Waals surface area contributed by atoms with Crippen molar-refractivity contribution < 1.29 is 19.1 Å². The number of ether oxygens (including phenoxy) is 2. The molecular weight excluding hydrogens is 344 g/mol. The van der Waals surface area contributed by atoms with E-state index in [1.807, 2.05) is 55.5 Å². The van der Waals surface area contributed by atoms with Gasteiger partial charge in [0.25, 0.3) is 0 Å². The average Bonchev–Trinajstić information content (AvgIpc) is 2.67. The zero-order valence-corrected chi connectivity index (χ0v) is 16.0. The summed E-state index contributed by atoms with van der Waals surface area (Å²) >= 11 is 0. The highest BCUT2D eigenvalue weighted by atomic mass is 16.5. The van der Waals surface area contributed by atoms with Gasteiger partial charge in [-0.3, -0.25) is 9.59 Å². The van der Waals surface area contributed by atoms with E-state index in [1.165, 1.54) is 0 Å². The zero-order chi connectivity index (χ0) is 19.6. The number of methoxy groups -OCH3 is 2. The quantitative estimate of drug-likeness (QED) is 0.709. The van der Waals surface area contributed by atoms with Crippen LogP contribution >= 0.6 is 0 Å². The van der Waals surface area contributed by atoms with E-state index in [0.29, 0.717) is 6.54 Å². The van der Waals surface area contributed by atoms with Crippen LogP contribution in [0.2, 0.25) is 0 Å². The number of carbonyl (C=O) groups excluding carboxylic acids is 2. The predicted octanol–water partition coefficient (Wildman–Crippen LogP) is 2.11. The summed E-state index contributed by atoms with van der Waals surface area (Å²) in [5.41, 5.74) is 1.81. The highest BCUT2D eigenvalue weighted by Gasteiger charge is 2.10. The molecule has 0 saturated heterocycles. The van der Waals surface area contributed by atoms with Gasteiger partial charge in [0.1, 0.15) is 11.5 Å². The number of amides is 2. The second-order valence-electron chi connectivity index (χ2n) is 6.32. The third-order valence-electron chi connectivity index (χ3n) is 4.06. The molecule has 27 heavy (non-hydrogen) atoms. The summed E-state index contributed by atoms with van der Waals surface area (Å²) in [5.74, 6) is 1.34. The smallest absolute Gasteiger partial charge is 0.224 e. The maximum Gasteiger partial charge on any atom is 0.224 e.